The van der Waals surface area contributed by atoms with Crippen molar-refractivity contribution < 1.29 is 9.90 Å². The van der Waals surface area contributed by atoms with Crippen LogP contribution in [-0.2, 0) is 0 Å². The van der Waals surface area contributed by atoms with Crippen molar-refractivity contribution in [2.45, 2.75) is 6.04 Å². The normalized spacial score (nSPS) is 15.1. The summed E-state index contributed by atoms with van der Waals surface area (Å²) in [6, 6.07) is 1.86. The largest absolute Gasteiger partial charge is 0.465 e. The van der Waals surface area contributed by atoms with Gasteiger partial charge in [-0.05, 0) is 22.0 Å². The second-order valence-electron chi connectivity index (χ2n) is 5.41. The summed E-state index contributed by atoms with van der Waals surface area (Å²) in [7, 11) is 1.57. The molecule has 1 aliphatic rings. The minimum absolute atomic E-state index is 0.0501. The fourth-order valence-electron chi connectivity index (χ4n) is 2.64. The Kier molecular flexibility index (Phi) is 3.08. The fraction of sp³-hybridized carbons (Fsp3) is 0.308. The van der Waals surface area contributed by atoms with Crippen molar-refractivity contribution >= 4 is 44.7 Å². The van der Waals surface area contributed by atoms with Gasteiger partial charge in [-0.15, -0.1) is 10.2 Å². The van der Waals surface area contributed by atoms with Crippen molar-refractivity contribution in [3.8, 4) is 0 Å². The Labute approximate surface area is 138 Å². The van der Waals surface area contributed by atoms with Gasteiger partial charge in [-0.2, -0.15) is 0 Å². The monoisotopic (exact) mass is 377 g/mol. The summed E-state index contributed by atoms with van der Waals surface area (Å²) in [4.78, 5) is 23.2. The Hall–Kier alpha value is -2.49. The number of amides is 1. The standard InChI is InChI=1S/C13H12BrN7O2/c1-19(13(22)23)8-4-20(5-8)11-12-18-16-6-21(12)9-2-7(14)3-15-10(9)17-11/h2-3,6,8H,4-5H2,1H3,(H,22,23). The number of hydrogen-bond acceptors (Lipinski definition) is 6. The van der Waals surface area contributed by atoms with Gasteiger partial charge in [-0.1, -0.05) is 0 Å². The molecule has 9 nitrogen and oxygen atoms in total. The van der Waals surface area contributed by atoms with Gasteiger partial charge in [0.25, 0.3) is 0 Å². The minimum Gasteiger partial charge on any atom is -0.465 e. The van der Waals surface area contributed by atoms with Crippen LogP contribution in [-0.4, -0.2) is 66.8 Å². The molecule has 3 aromatic heterocycles. The van der Waals surface area contributed by atoms with E-state index in [0.29, 0.717) is 30.2 Å². The molecule has 0 atom stereocenters. The van der Waals surface area contributed by atoms with E-state index in [1.807, 2.05) is 15.4 Å². The third-order valence-corrected chi connectivity index (χ3v) is 4.48. The molecule has 10 heteroatoms. The number of pyridine rings is 1. The summed E-state index contributed by atoms with van der Waals surface area (Å²) in [5, 5.41) is 17.1. The molecule has 4 heterocycles. The molecule has 4 rings (SSSR count). The molecule has 0 bridgehead atoms. The van der Waals surface area contributed by atoms with Crippen LogP contribution in [0.5, 0.6) is 0 Å². The number of halogens is 1. The Morgan fingerprint density at radius 1 is 1.48 bits per heavy atom. The molecule has 3 aromatic rings. The van der Waals surface area contributed by atoms with Gasteiger partial charge in [0.05, 0.1) is 11.6 Å². The van der Waals surface area contributed by atoms with Crippen LogP contribution < -0.4 is 4.90 Å². The third kappa shape index (κ3) is 2.17. The van der Waals surface area contributed by atoms with Gasteiger partial charge in [0.1, 0.15) is 6.33 Å². The SMILES string of the molecule is CN(C(=O)O)C1CN(c2nc3ncc(Br)cc3n3cnnc23)C1. The van der Waals surface area contributed by atoms with Gasteiger partial charge in [-0.25, -0.2) is 14.8 Å². The molecule has 0 saturated carbocycles. The zero-order valence-corrected chi connectivity index (χ0v) is 13.7. The maximum absolute atomic E-state index is 11.0. The first-order valence-corrected chi connectivity index (χ1v) is 7.69. The maximum Gasteiger partial charge on any atom is 0.407 e. The number of fused-ring (bicyclic) bond motifs is 3. The van der Waals surface area contributed by atoms with Crippen LogP contribution >= 0.6 is 15.9 Å². The van der Waals surface area contributed by atoms with Crippen LogP contribution in [0.4, 0.5) is 10.6 Å². The first-order valence-electron chi connectivity index (χ1n) is 6.90. The summed E-state index contributed by atoms with van der Waals surface area (Å²) in [5.74, 6) is 0.667. The van der Waals surface area contributed by atoms with E-state index in [2.05, 4.69) is 36.1 Å². The summed E-state index contributed by atoms with van der Waals surface area (Å²) >= 11 is 3.40. The van der Waals surface area contributed by atoms with Gasteiger partial charge in [0.15, 0.2) is 11.5 Å². The van der Waals surface area contributed by atoms with Crippen molar-refractivity contribution in [2.24, 2.45) is 0 Å². The minimum atomic E-state index is -0.930. The predicted molar refractivity (Wildman–Crippen MR) is 85.6 cm³/mol. The van der Waals surface area contributed by atoms with Crippen LogP contribution in [0.25, 0.3) is 16.8 Å². The van der Waals surface area contributed by atoms with Crippen LogP contribution in [0.1, 0.15) is 0 Å². The van der Waals surface area contributed by atoms with Crippen molar-refractivity contribution in [3.05, 3.63) is 23.1 Å². The Morgan fingerprint density at radius 3 is 3.00 bits per heavy atom. The number of nitrogens with zero attached hydrogens (tertiary/aromatic N) is 7. The van der Waals surface area contributed by atoms with Gasteiger partial charge in [0, 0.05) is 30.8 Å². The third-order valence-electron chi connectivity index (χ3n) is 4.04. The molecule has 1 N–H and O–H groups in total. The smallest absolute Gasteiger partial charge is 0.407 e. The van der Waals surface area contributed by atoms with Crippen molar-refractivity contribution in [3.63, 3.8) is 0 Å². The van der Waals surface area contributed by atoms with Crippen LogP contribution in [0.2, 0.25) is 0 Å². The van der Waals surface area contributed by atoms with E-state index in [4.69, 9.17) is 5.11 Å². The highest BCUT2D eigenvalue weighted by Gasteiger charge is 2.35. The predicted octanol–water partition coefficient (Wildman–Crippen LogP) is 1.23. The molecule has 0 unspecified atom stereocenters. The average molecular weight is 378 g/mol. The van der Waals surface area contributed by atoms with Crippen molar-refractivity contribution in [2.75, 3.05) is 25.0 Å². The quantitative estimate of drug-likeness (QED) is 0.716. The Morgan fingerprint density at radius 2 is 2.26 bits per heavy atom. The number of carboxylic acid groups (broad SMARTS) is 1. The number of hydrogen-bond donors (Lipinski definition) is 1. The zero-order chi connectivity index (χ0) is 16.1. The fourth-order valence-corrected chi connectivity index (χ4v) is 2.96. The molecule has 0 aliphatic carbocycles. The highest BCUT2D eigenvalue weighted by molar-refractivity contribution is 9.10. The molecule has 0 spiro atoms. The van der Waals surface area contributed by atoms with Crippen LogP contribution in [0.15, 0.2) is 23.1 Å². The van der Waals surface area contributed by atoms with E-state index in [9.17, 15) is 4.79 Å². The lowest BCUT2D eigenvalue weighted by atomic mass is 10.1. The van der Waals surface area contributed by atoms with E-state index in [-0.39, 0.29) is 6.04 Å². The van der Waals surface area contributed by atoms with E-state index < -0.39 is 6.09 Å². The molecule has 1 fully saturated rings. The number of likely N-dealkylation sites (N-methyl/N-ethyl adjacent to an activating group) is 1. The lowest BCUT2D eigenvalue weighted by Crippen LogP contribution is -2.60. The Balaban J connectivity index is 1.75. The highest BCUT2D eigenvalue weighted by atomic mass is 79.9. The van der Waals surface area contributed by atoms with E-state index in [1.165, 1.54) is 4.90 Å². The van der Waals surface area contributed by atoms with E-state index in [1.54, 1.807) is 19.6 Å². The zero-order valence-electron chi connectivity index (χ0n) is 12.1. The summed E-state index contributed by atoms with van der Waals surface area (Å²) in [6.07, 6.45) is 2.38. The number of rotatable bonds is 2. The van der Waals surface area contributed by atoms with Crippen LogP contribution in [0.3, 0.4) is 0 Å². The average Bonchev–Trinajstić information content (AvgIpc) is 2.95. The van der Waals surface area contributed by atoms with Gasteiger partial charge < -0.3 is 14.9 Å². The van der Waals surface area contributed by atoms with Crippen molar-refractivity contribution in [1.82, 2.24) is 29.5 Å². The highest BCUT2D eigenvalue weighted by Crippen LogP contribution is 2.28. The van der Waals surface area contributed by atoms with Gasteiger partial charge in [-0.3, -0.25) is 4.40 Å². The molecule has 23 heavy (non-hydrogen) atoms. The first-order chi connectivity index (χ1) is 11.0. The molecule has 1 aliphatic heterocycles. The topological polar surface area (TPSA) is 99.8 Å². The van der Waals surface area contributed by atoms with E-state index in [0.717, 1.165) is 9.99 Å². The maximum atomic E-state index is 11.0. The second kappa shape index (κ2) is 5.01. The number of anilines is 1. The first kappa shape index (κ1) is 14.1. The number of aromatic nitrogens is 5. The van der Waals surface area contributed by atoms with Gasteiger partial charge in [0.2, 0.25) is 5.65 Å². The molecule has 118 valence electrons. The molecule has 1 amide bonds. The van der Waals surface area contributed by atoms with Crippen molar-refractivity contribution in [1.29, 1.82) is 0 Å². The molecule has 0 aromatic carbocycles. The second-order valence-corrected chi connectivity index (χ2v) is 6.32. The summed E-state index contributed by atoms with van der Waals surface area (Å²) < 4.78 is 2.69. The van der Waals surface area contributed by atoms with Crippen LogP contribution in [0, 0.1) is 0 Å². The molecular weight excluding hydrogens is 366 g/mol. The number of carbonyl (C=O) groups is 1. The molecule has 0 radical (unpaired) electrons. The molecule has 1 saturated heterocycles. The summed E-state index contributed by atoms with van der Waals surface area (Å²) in [5.41, 5.74) is 2.03. The van der Waals surface area contributed by atoms with E-state index >= 15 is 0 Å². The Bertz CT molecular complexity index is 921. The lowest BCUT2D eigenvalue weighted by Gasteiger charge is -2.43. The summed E-state index contributed by atoms with van der Waals surface area (Å²) in [6.45, 7) is 1.14. The lowest BCUT2D eigenvalue weighted by molar-refractivity contribution is 0.130. The molecular formula is C13H12BrN7O2. The van der Waals surface area contributed by atoms with Gasteiger partial charge >= 0.3 is 6.09 Å².